The molecule has 112 valence electrons. The average molecular weight is 325 g/mol. The van der Waals surface area contributed by atoms with Gasteiger partial charge in [0.15, 0.2) is 0 Å². The molecule has 0 aromatic heterocycles. The first-order valence-electron chi connectivity index (χ1n) is 7.77. The fraction of sp³-hybridized carbons (Fsp3) is 0.222. The molecule has 0 N–H and O–H groups in total. The van der Waals surface area contributed by atoms with Gasteiger partial charge in [-0.1, -0.05) is 85.3 Å². The van der Waals surface area contributed by atoms with Gasteiger partial charge in [0.05, 0.1) is 0 Å². The Balaban J connectivity index is 2.10. The maximum Gasteiger partial charge on any atom is 0.340 e. The van der Waals surface area contributed by atoms with E-state index in [0.29, 0.717) is 6.13 Å². The Morgan fingerprint density at radius 1 is 0.818 bits per heavy atom. The minimum absolute atomic E-state index is 0.428. The third kappa shape index (κ3) is 3.14. The van der Waals surface area contributed by atoms with E-state index in [1.165, 1.54) is 21.5 Å². The molecule has 2 aromatic rings. The molecule has 4 heteroatoms. The van der Waals surface area contributed by atoms with Crippen LogP contribution in [0.25, 0.3) is 10.4 Å². The zero-order valence-electron chi connectivity index (χ0n) is 13.0. The summed E-state index contributed by atoms with van der Waals surface area (Å²) in [4.78, 5) is 3.95. The first kappa shape index (κ1) is 15.8. The highest BCUT2D eigenvalue weighted by Gasteiger charge is 2.36. The molecule has 0 atom stereocenters. The molecule has 0 bridgehead atoms. The SMILES string of the molecule is CCN(CC)B1SSC(c2ccccc2)=C1c1ccccc1. The molecule has 22 heavy (non-hydrogen) atoms. The Labute approximate surface area is 141 Å². The van der Waals surface area contributed by atoms with Crippen LogP contribution in [0.5, 0.6) is 0 Å². The van der Waals surface area contributed by atoms with E-state index in [1.54, 1.807) is 0 Å². The molecule has 3 rings (SSSR count). The summed E-state index contributed by atoms with van der Waals surface area (Å²) in [6.45, 7) is 6.65. The molecule has 0 unspecified atom stereocenters. The highest BCUT2D eigenvalue weighted by molar-refractivity contribution is 8.91. The Hall–Kier alpha value is -1.10. The lowest BCUT2D eigenvalue weighted by Crippen LogP contribution is -2.36. The van der Waals surface area contributed by atoms with Crippen molar-refractivity contribution in [1.82, 2.24) is 4.81 Å². The van der Waals surface area contributed by atoms with Crippen LogP contribution in [0, 0.1) is 0 Å². The van der Waals surface area contributed by atoms with E-state index in [1.807, 2.05) is 21.4 Å². The predicted molar refractivity (Wildman–Crippen MR) is 104 cm³/mol. The standard InChI is InChI=1S/C18H20BNS2/c1-3-20(4-2)19-17(15-11-7-5-8-12-15)18(21-22-19)16-13-9-6-10-14-16/h5-14H,3-4H2,1-2H3. The Kier molecular flexibility index (Phi) is 5.34. The minimum Gasteiger partial charge on any atom is -0.329 e. The Bertz CT molecular complexity index is 639. The van der Waals surface area contributed by atoms with Gasteiger partial charge in [-0.05, 0) is 29.7 Å². The van der Waals surface area contributed by atoms with Crippen molar-refractivity contribution >= 4 is 37.9 Å². The first-order chi connectivity index (χ1) is 10.8. The molecular formula is C18H20BNS2. The highest BCUT2D eigenvalue weighted by Crippen LogP contribution is 2.53. The molecule has 1 heterocycles. The van der Waals surface area contributed by atoms with Gasteiger partial charge in [-0.15, -0.1) is 10.6 Å². The van der Waals surface area contributed by atoms with Crippen LogP contribution in [0.1, 0.15) is 25.0 Å². The minimum atomic E-state index is 0.428. The summed E-state index contributed by atoms with van der Waals surface area (Å²) in [7, 11) is 3.89. The van der Waals surface area contributed by atoms with Gasteiger partial charge in [-0.2, -0.15) is 0 Å². The topological polar surface area (TPSA) is 3.24 Å². The average Bonchev–Trinajstić information content (AvgIpc) is 3.02. The summed E-state index contributed by atoms with van der Waals surface area (Å²) in [5.74, 6) is 0. The highest BCUT2D eigenvalue weighted by atomic mass is 33.1. The molecule has 2 aromatic carbocycles. The summed E-state index contributed by atoms with van der Waals surface area (Å²) in [5, 5.41) is 0. The van der Waals surface area contributed by atoms with Crippen molar-refractivity contribution in [1.29, 1.82) is 0 Å². The van der Waals surface area contributed by atoms with Crippen molar-refractivity contribution < 1.29 is 0 Å². The molecule has 0 saturated carbocycles. The van der Waals surface area contributed by atoms with Crippen LogP contribution >= 0.6 is 21.4 Å². The Morgan fingerprint density at radius 2 is 1.36 bits per heavy atom. The van der Waals surface area contributed by atoms with E-state index in [2.05, 4.69) is 79.3 Å². The summed E-state index contributed by atoms with van der Waals surface area (Å²) < 4.78 is 0. The van der Waals surface area contributed by atoms with Crippen molar-refractivity contribution in [2.45, 2.75) is 13.8 Å². The molecule has 0 spiro atoms. The van der Waals surface area contributed by atoms with Crippen molar-refractivity contribution in [3.8, 4) is 0 Å². The van der Waals surface area contributed by atoms with Crippen molar-refractivity contribution in [2.75, 3.05) is 13.1 Å². The first-order valence-corrected chi connectivity index (χ1v) is 9.98. The van der Waals surface area contributed by atoms with Crippen LogP contribution in [-0.2, 0) is 0 Å². The lowest BCUT2D eigenvalue weighted by molar-refractivity contribution is 0.496. The summed E-state index contributed by atoms with van der Waals surface area (Å²) >= 11 is 0. The van der Waals surface area contributed by atoms with Gasteiger partial charge in [-0.3, -0.25) is 0 Å². The van der Waals surface area contributed by atoms with Crippen molar-refractivity contribution in [3.63, 3.8) is 0 Å². The molecule has 1 aliphatic heterocycles. The number of benzene rings is 2. The number of nitrogens with zero attached hydrogens (tertiary/aromatic N) is 1. The van der Waals surface area contributed by atoms with E-state index in [-0.39, 0.29) is 0 Å². The second kappa shape index (κ2) is 7.45. The molecule has 0 aliphatic carbocycles. The molecule has 0 saturated heterocycles. The fourth-order valence-electron chi connectivity index (χ4n) is 2.78. The molecule has 1 aliphatic rings. The molecule has 0 amide bonds. The molecular weight excluding hydrogens is 305 g/mol. The van der Waals surface area contributed by atoms with Gasteiger partial charge in [0.2, 0.25) is 0 Å². The monoisotopic (exact) mass is 325 g/mol. The molecule has 0 radical (unpaired) electrons. The van der Waals surface area contributed by atoms with Crippen LogP contribution in [0.2, 0.25) is 0 Å². The van der Waals surface area contributed by atoms with Gasteiger partial charge in [-0.25, -0.2) is 0 Å². The van der Waals surface area contributed by atoms with E-state index >= 15 is 0 Å². The maximum atomic E-state index is 2.54. The fourth-order valence-corrected chi connectivity index (χ4v) is 6.14. The van der Waals surface area contributed by atoms with Crippen LogP contribution < -0.4 is 0 Å². The number of rotatable bonds is 5. The third-order valence-electron chi connectivity index (χ3n) is 3.98. The van der Waals surface area contributed by atoms with E-state index in [4.69, 9.17) is 0 Å². The quantitative estimate of drug-likeness (QED) is 0.541. The van der Waals surface area contributed by atoms with E-state index < -0.39 is 0 Å². The van der Waals surface area contributed by atoms with Crippen LogP contribution in [0.15, 0.2) is 60.7 Å². The number of hydrogen-bond donors (Lipinski definition) is 0. The lowest BCUT2D eigenvalue weighted by Gasteiger charge is -2.24. The molecule has 0 fully saturated rings. The predicted octanol–water partition coefficient (Wildman–Crippen LogP) is 5.32. The maximum absolute atomic E-state index is 2.54. The van der Waals surface area contributed by atoms with Crippen molar-refractivity contribution in [2.24, 2.45) is 0 Å². The van der Waals surface area contributed by atoms with E-state index in [9.17, 15) is 0 Å². The molecule has 1 nitrogen and oxygen atoms in total. The second-order valence-corrected chi connectivity index (χ2v) is 7.52. The van der Waals surface area contributed by atoms with Gasteiger partial charge in [0.1, 0.15) is 0 Å². The lowest BCUT2D eigenvalue weighted by atomic mass is 9.72. The van der Waals surface area contributed by atoms with E-state index in [0.717, 1.165) is 13.1 Å². The smallest absolute Gasteiger partial charge is 0.329 e. The van der Waals surface area contributed by atoms with Crippen LogP contribution in [0.3, 0.4) is 0 Å². The summed E-state index contributed by atoms with van der Waals surface area (Å²) in [6.07, 6.45) is 0.428. The largest absolute Gasteiger partial charge is 0.340 e. The van der Waals surface area contributed by atoms with Gasteiger partial charge >= 0.3 is 6.13 Å². The van der Waals surface area contributed by atoms with Crippen LogP contribution in [0.4, 0.5) is 0 Å². The second-order valence-electron chi connectivity index (χ2n) is 5.23. The third-order valence-corrected chi connectivity index (χ3v) is 6.75. The zero-order valence-corrected chi connectivity index (χ0v) is 14.7. The van der Waals surface area contributed by atoms with Gasteiger partial charge < -0.3 is 4.81 Å². The van der Waals surface area contributed by atoms with Gasteiger partial charge in [0.25, 0.3) is 0 Å². The summed E-state index contributed by atoms with van der Waals surface area (Å²) in [6, 6.07) is 21.6. The van der Waals surface area contributed by atoms with Crippen molar-refractivity contribution in [3.05, 3.63) is 71.8 Å². The Morgan fingerprint density at radius 3 is 1.91 bits per heavy atom. The number of hydrogen-bond acceptors (Lipinski definition) is 3. The zero-order chi connectivity index (χ0) is 15.4. The van der Waals surface area contributed by atoms with Gasteiger partial charge in [0, 0.05) is 4.91 Å². The normalized spacial score (nSPS) is 15.0. The summed E-state index contributed by atoms with van der Waals surface area (Å²) in [5.41, 5.74) is 4.13. The van der Waals surface area contributed by atoms with Crippen LogP contribution in [-0.4, -0.2) is 24.0 Å².